The highest BCUT2D eigenvalue weighted by atomic mass is 16.5. The maximum absolute atomic E-state index is 9.27. The third-order valence-electron chi connectivity index (χ3n) is 3.62. The molecule has 1 aromatic heterocycles. The summed E-state index contributed by atoms with van der Waals surface area (Å²) < 4.78 is 7.93. The lowest BCUT2D eigenvalue weighted by atomic mass is 10.1. The normalized spacial score (nSPS) is 23.2. The second-order valence-electron chi connectivity index (χ2n) is 5.53. The van der Waals surface area contributed by atoms with Gasteiger partial charge in [0.05, 0.1) is 30.6 Å². The van der Waals surface area contributed by atoms with E-state index in [1.807, 2.05) is 18.5 Å². The average Bonchev–Trinajstić information content (AvgIpc) is 2.69. The third-order valence-corrected chi connectivity index (χ3v) is 3.62. The number of hydrogen-bond donors (Lipinski definition) is 1. The molecule has 2 heterocycles. The molecule has 0 aromatic carbocycles. The van der Waals surface area contributed by atoms with Crippen molar-refractivity contribution in [3.05, 3.63) is 17.0 Å². The van der Waals surface area contributed by atoms with E-state index in [4.69, 9.17) is 4.74 Å². The van der Waals surface area contributed by atoms with Crippen LogP contribution in [0.3, 0.4) is 0 Å². The van der Waals surface area contributed by atoms with Gasteiger partial charge in [-0.05, 0) is 40.5 Å². The Hall–Kier alpha value is -0.870. The van der Waals surface area contributed by atoms with Crippen LogP contribution in [0.15, 0.2) is 0 Å². The van der Waals surface area contributed by atoms with Crippen LogP contribution in [0.5, 0.6) is 0 Å². The zero-order valence-corrected chi connectivity index (χ0v) is 11.2. The summed E-state index contributed by atoms with van der Waals surface area (Å²) >= 11 is 0. The number of aromatic nitrogens is 2. The molecule has 1 N–H and O–H groups in total. The van der Waals surface area contributed by atoms with Crippen molar-refractivity contribution < 1.29 is 9.84 Å². The molecule has 0 radical (unpaired) electrons. The van der Waals surface area contributed by atoms with E-state index in [0.29, 0.717) is 0 Å². The van der Waals surface area contributed by atoms with Crippen LogP contribution in [-0.2, 0) is 17.9 Å². The van der Waals surface area contributed by atoms with Crippen LogP contribution in [0.1, 0.15) is 43.6 Å². The van der Waals surface area contributed by atoms with Gasteiger partial charge in [0, 0.05) is 11.3 Å². The van der Waals surface area contributed by atoms with Crippen LogP contribution in [0.2, 0.25) is 0 Å². The number of rotatable bonds is 3. The molecule has 1 saturated heterocycles. The minimum Gasteiger partial charge on any atom is -0.392 e. The van der Waals surface area contributed by atoms with E-state index in [-0.39, 0.29) is 18.3 Å². The predicted molar refractivity (Wildman–Crippen MR) is 65.8 cm³/mol. The first-order valence-electron chi connectivity index (χ1n) is 6.24. The number of aliphatic hydroxyl groups excluding tert-OH is 1. The van der Waals surface area contributed by atoms with Crippen molar-refractivity contribution in [3.63, 3.8) is 0 Å². The number of aryl methyl sites for hydroxylation is 1. The fourth-order valence-electron chi connectivity index (χ4n) is 2.54. The summed E-state index contributed by atoms with van der Waals surface area (Å²) in [5.41, 5.74) is 2.92. The van der Waals surface area contributed by atoms with Crippen molar-refractivity contribution in [1.29, 1.82) is 0 Å². The Kier molecular flexibility index (Phi) is 3.27. The van der Waals surface area contributed by atoms with E-state index in [0.717, 1.165) is 36.3 Å². The van der Waals surface area contributed by atoms with E-state index >= 15 is 0 Å². The van der Waals surface area contributed by atoms with Gasteiger partial charge in [-0.15, -0.1) is 0 Å². The molecule has 1 atom stereocenters. The molecule has 0 aliphatic carbocycles. The minimum atomic E-state index is 0.000573. The van der Waals surface area contributed by atoms with Crippen molar-refractivity contribution in [1.82, 2.24) is 9.78 Å². The van der Waals surface area contributed by atoms with Gasteiger partial charge in [-0.1, -0.05) is 0 Å². The average molecular weight is 238 g/mol. The fraction of sp³-hybridized carbons (Fsp3) is 0.769. The molecule has 17 heavy (non-hydrogen) atoms. The topological polar surface area (TPSA) is 47.3 Å². The molecular formula is C13H22N2O2. The molecule has 0 saturated carbocycles. The zero-order valence-electron chi connectivity index (χ0n) is 11.2. The Labute approximate surface area is 103 Å². The summed E-state index contributed by atoms with van der Waals surface area (Å²) in [7, 11) is 0. The van der Waals surface area contributed by atoms with Crippen molar-refractivity contribution in [3.8, 4) is 0 Å². The van der Waals surface area contributed by atoms with E-state index in [2.05, 4.69) is 18.9 Å². The lowest BCUT2D eigenvalue weighted by molar-refractivity contribution is -0.0232. The Morgan fingerprint density at radius 2 is 2.18 bits per heavy atom. The van der Waals surface area contributed by atoms with Gasteiger partial charge in [0.25, 0.3) is 0 Å². The van der Waals surface area contributed by atoms with Crippen LogP contribution < -0.4 is 0 Å². The monoisotopic (exact) mass is 238 g/mol. The Morgan fingerprint density at radius 1 is 1.47 bits per heavy atom. The van der Waals surface area contributed by atoms with Gasteiger partial charge >= 0.3 is 0 Å². The lowest BCUT2D eigenvalue weighted by Gasteiger charge is -2.19. The van der Waals surface area contributed by atoms with Gasteiger partial charge in [0.2, 0.25) is 0 Å². The fourth-order valence-corrected chi connectivity index (χ4v) is 2.54. The van der Waals surface area contributed by atoms with Gasteiger partial charge in [0.15, 0.2) is 0 Å². The molecule has 4 nitrogen and oxygen atoms in total. The summed E-state index contributed by atoms with van der Waals surface area (Å²) in [6.07, 6.45) is 2.43. The van der Waals surface area contributed by atoms with Crippen LogP contribution in [0, 0.1) is 13.8 Å². The van der Waals surface area contributed by atoms with E-state index in [9.17, 15) is 5.11 Å². The number of hydrogen-bond acceptors (Lipinski definition) is 3. The quantitative estimate of drug-likeness (QED) is 0.875. The molecule has 1 unspecified atom stereocenters. The largest absolute Gasteiger partial charge is 0.392 e. The highest BCUT2D eigenvalue weighted by molar-refractivity contribution is 5.23. The number of ether oxygens (including phenoxy) is 1. The van der Waals surface area contributed by atoms with Crippen LogP contribution in [-0.4, -0.2) is 26.6 Å². The van der Waals surface area contributed by atoms with E-state index in [1.54, 1.807) is 0 Å². The van der Waals surface area contributed by atoms with Gasteiger partial charge in [-0.25, -0.2) is 0 Å². The summed E-state index contributed by atoms with van der Waals surface area (Å²) in [6.45, 7) is 9.06. The highest BCUT2D eigenvalue weighted by Gasteiger charge is 2.32. The van der Waals surface area contributed by atoms with Gasteiger partial charge in [0.1, 0.15) is 0 Å². The summed E-state index contributed by atoms with van der Waals surface area (Å²) in [5.74, 6) is 0. The molecule has 4 heteroatoms. The molecule has 0 amide bonds. The molecule has 96 valence electrons. The molecule has 1 aromatic rings. The maximum atomic E-state index is 9.27. The SMILES string of the molecule is Cc1nn(CC2CCC(C)(C)O2)c(C)c1CO. The van der Waals surface area contributed by atoms with Gasteiger partial charge < -0.3 is 9.84 Å². The standard InChI is InChI=1S/C13H22N2O2/c1-9-12(8-16)10(2)15(14-9)7-11-5-6-13(3,4)17-11/h11,16H,5-8H2,1-4H3. The molecule has 0 bridgehead atoms. The van der Waals surface area contributed by atoms with Crippen LogP contribution >= 0.6 is 0 Å². The van der Waals surface area contributed by atoms with Crippen molar-refractivity contribution in [2.45, 2.75) is 65.4 Å². The molecule has 1 fully saturated rings. The van der Waals surface area contributed by atoms with Crippen LogP contribution in [0.25, 0.3) is 0 Å². The Balaban J connectivity index is 2.10. The maximum Gasteiger partial charge on any atom is 0.0779 e. The summed E-state index contributed by atoms with van der Waals surface area (Å²) in [5, 5.41) is 13.7. The first-order chi connectivity index (χ1) is 7.93. The molecule has 1 aliphatic rings. The zero-order chi connectivity index (χ0) is 12.6. The summed E-state index contributed by atoms with van der Waals surface area (Å²) in [6, 6.07) is 0. The third kappa shape index (κ3) is 2.53. The lowest BCUT2D eigenvalue weighted by Crippen LogP contribution is -2.23. The first-order valence-corrected chi connectivity index (χ1v) is 6.24. The van der Waals surface area contributed by atoms with E-state index in [1.165, 1.54) is 0 Å². The van der Waals surface area contributed by atoms with Crippen molar-refractivity contribution >= 4 is 0 Å². The van der Waals surface area contributed by atoms with Gasteiger partial charge in [-0.3, -0.25) is 4.68 Å². The predicted octanol–water partition coefficient (Wildman–Crippen LogP) is 1.95. The smallest absolute Gasteiger partial charge is 0.0779 e. The second-order valence-corrected chi connectivity index (χ2v) is 5.53. The molecule has 0 spiro atoms. The highest BCUT2D eigenvalue weighted by Crippen LogP contribution is 2.30. The van der Waals surface area contributed by atoms with Crippen LogP contribution in [0.4, 0.5) is 0 Å². The second kappa shape index (κ2) is 4.42. The number of nitrogens with zero attached hydrogens (tertiary/aromatic N) is 2. The number of aliphatic hydroxyl groups is 1. The van der Waals surface area contributed by atoms with E-state index < -0.39 is 0 Å². The minimum absolute atomic E-state index is 0.000573. The molecule has 2 rings (SSSR count). The van der Waals surface area contributed by atoms with Gasteiger partial charge in [-0.2, -0.15) is 5.10 Å². The Morgan fingerprint density at radius 3 is 2.65 bits per heavy atom. The molecular weight excluding hydrogens is 216 g/mol. The molecule has 1 aliphatic heterocycles. The summed E-state index contributed by atoms with van der Waals surface area (Å²) in [4.78, 5) is 0. The van der Waals surface area contributed by atoms with Crippen molar-refractivity contribution in [2.24, 2.45) is 0 Å². The Bertz CT molecular complexity index is 410. The van der Waals surface area contributed by atoms with Crippen molar-refractivity contribution in [2.75, 3.05) is 0 Å². The first kappa shape index (κ1) is 12.6.